The van der Waals surface area contributed by atoms with E-state index in [1.807, 2.05) is 24.3 Å². The molecule has 3 heteroatoms. The van der Waals surface area contributed by atoms with E-state index in [-0.39, 0.29) is 5.91 Å². The second kappa shape index (κ2) is 6.94. The van der Waals surface area contributed by atoms with Crippen LogP contribution in [0.25, 0.3) is 0 Å². The van der Waals surface area contributed by atoms with Crippen molar-refractivity contribution in [2.24, 2.45) is 5.73 Å². The third kappa shape index (κ3) is 4.89. The van der Waals surface area contributed by atoms with Crippen LogP contribution in [0.2, 0.25) is 0 Å². The standard InChI is InChI=1S/C14H22N2O/c1-3-4-7-11(2)16-13-9-6-5-8-12(13)10-14(15)17/h5-6,8-9,11,16H,3-4,7,10H2,1-2H3,(H2,15,17). The topological polar surface area (TPSA) is 55.1 Å². The fourth-order valence-electron chi connectivity index (χ4n) is 1.85. The van der Waals surface area contributed by atoms with E-state index in [0.29, 0.717) is 12.5 Å². The molecular formula is C14H22N2O. The predicted octanol–water partition coefficient (Wildman–Crippen LogP) is 2.71. The van der Waals surface area contributed by atoms with Crippen LogP contribution in [0.3, 0.4) is 0 Å². The van der Waals surface area contributed by atoms with Crippen molar-refractivity contribution in [3.05, 3.63) is 29.8 Å². The average molecular weight is 234 g/mol. The summed E-state index contributed by atoms with van der Waals surface area (Å²) < 4.78 is 0. The van der Waals surface area contributed by atoms with Gasteiger partial charge in [-0.15, -0.1) is 0 Å². The van der Waals surface area contributed by atoms with E-state index in [4.69, 9.17) is 5.73 Å². The quantitative estimate of drug-likeness (QED) is 0.762. The number of nitrogens with one attached hydrogen (secondary N) is 1. The molecule has 94 valence electrons. The summed E-state index contributed by atoms with van der Waals surface area (Å²) in [6.07, 6.45) is 3.85. The van der Waals surface area contributed by atoms with E-state index < -0.39 is 0 Å². The predicted molar refractivity (Wildman–Crippen MR) is 72.0 cm³/mol. The van der Waals surface area contributed by atoms with Crippen molar-refractivity contribution >= 4 is 11.6 Å². The number of amides is 1. The zero-order valence-corrected chi connectivity index (χ0v) is 10.7. The Balaban J connectivity index is 2.65. The van der Waals surface area contributed by atoms with Gasteiger partial charge in [0.15, 0.2) is 0 Å². The van der Waals surface area contributed by atoms with Gasteiger partial charge in [0.05, 0.1) is 6.42 Å². The number of primary amides is 1. The minimum atomic E-state index is -0.291. The molecule has 1 aromatic rings. The molecule has 1 rings (SSSR count). The van der Waals surface area contributed by atoms with Gasteiger partial charge in [-0.2, -0.15) is 0 Å². The molecular weight excluding hydrogens is 212 g/mol. The molecule has 1 atom stereocenters. The minimum Gasteiger partial charge on any atom is -0.382 e. The Morgan fingerprint density at radius 3 is 2.76 bits per heavy atom. The van der Waals surface area contributed by atoms with Crippen LogP contribution in [0.1, 0.15) is 38.7 Å². The van der Waals surface area contributed by atoms with Gasteiger partial charge in [-0.05, 0) is 25.0 Å². The van der Waals surface area contributed by atoms with Crippen LogP contribution in [0, 0.1) is 0 Å². The molecule has 1 aromatic carbocycles. The lowest BCUT2D eigenvalue weighted by Crippen LogP contribution is -2.19. The molecule has 0 saturated carbocycles. The number of hydrogen-bond acceptors (Lipinski definition) is 2. The van der Waals surface area contributed by atoms with Crippen molar-refractivity contribution in [3.63, 3.8) is 0 Å². The Morgan fingerprint density at radius 2 is 2.12 bits per heavy atom. The highest BCUT2D eigenvalue weighted by Crippen LogP contribution is 2.17. The van der Waals surface area contributed by atoms with Crippen molar-refractivity contribution in [2.45, 2.75) is 45.6 Å². The van der Waals surface area contributed by atoms with Crippen LogP contribution in [-0.4, -0.2) is 11.9 Å². The minimum absolute atomic E-state index is 0.291. The Hall–Kier alpha value is -1.51. The summed E-state index contributed by atoms with van der Waals surface area (Å²) in [6, 6.07) is 8.27. The summed E-state index contributed by atoms with van der Waals surface area (Å²) in [5.74, 6) is -0.291. The Labute approximate surface area is 103 Å². The van der Waals surface area contributed by atoms with Crippen LogP contribution in [0.4, 0.5) is 5.69 Å². The molecule has 0 heterocycles. The lowest BCUT2D eigenvalue weighted by molar-refractivity contribution is -0.117. The number of hydrogen-bond donors (Lipinski definition) is 2. The highest BCUT2D eigenvalue weighted by Gasteiger charge is 2.07. The maximum Gasteiger partial charge on any atom is 0.221 e. The van der Waals surface area contributed by atoms with E-state index in [0.717, 1.165) is 17.7 Å². The molecule has 0 aliphatic rings. The number of para-hydroxylation sites is 1. The molecule has 3 N–H and O–H groups in total. The van der Waals surface area contributed by atoms with Gasteiger partial charge >= 0.3 is 0 Å². The van der Waals surface area contributed by atoms with Crippen molar-refractivity contribution in [1.29, 1.82) is 0 Å². The third-order valence-corrected chi connectivity index (χ3v) is 2.77. The molecule has 0 spiro atoms. The molecule has 0 aliphatic carbocycles. The van der Waals surface area contributed by atoms with Gasteiger partial charge in [0, 0.05) is 11.7 Å². The summed E-state index contributed by atoms with van der Waals surface area (Å²) in [4.78, 5) is 11.0. The Morgan fingerprint density at radius 1 is 1.41 bits per heavy atom. The van der Waals surface area contributed by atoms with Crippen LogP contribution < -0.4 is 11.1 Å². The number of nitrogens with two attached hydrogens (primary N) is 1. The van der Waals surface area contributed by atoms with Crippen LogP contribution in [0.5, 0.6) is 0 Å². The van der Waals surface area contributed by atoms with E-state index >= 15 is 0 Å². The molecule has 0 bridgehead atoms. The zero-order chi connectivity index (χ0) is 12.7. The normalized spacial score (nSPS) is 12.1. The molecule has 17 heavy (non-hydrogen) atoms. The molecule has 0 aromatic heterocycles. The molecule has 1 amide bonds. The largest absolute Gasteiger partial charge is 0.382 e. The summed E-state index contributed by atoms with van der Waals surface area (Å²) >= 11 is 0. The Kier molecular flexibility index (Phi) is 5.53. The molecule has 0 saturated heterocycles. The van der Waals surface area contributed by atoms with Gasteiger partial charge < -0.3 is 11.1 Å². The molecule has 1 unspecified atom stereocenters. The van der Waals surface area contributed by atoms with Crippen molar-refractivity contribution in [3.8, 4) is 0 Å². The van der Waals surface area contributed by atoms with Crippen LogP contribution >= 0.6 is 0 Å². The first-order valence-electron chi connectivity index (χ1n) is 6.26. The Bertz CT molecular complexity index is 363. The lowest BCUT2D eigenvalue weighted by Gasteiger charge is -2.17. The summed E-state index contributed by atoms with van der Waals surface area (Å²) in [6.45, 7) is 4.35. The average Bonchev–Trinajstić information content (AvgIpc) is 2.28. The van der Waals surface area contributed by atoms with Gasteiger partial charge in [0.1, 0.15) is 0 Å². The number of carbonyl (C=O) groups is 1. The van der Waals surface area contributed by atoms with Crippen molar-refractivity contribution < 1.29 is 4.79 Å². The van der Waals surface area contributed by atoms with Gasteiger partial charge in [0.25, 0.3) is 0 Å². The number of rotatable bonds is 7. The monoisotopic (exact) mass is 234 g/mol. The van der Waals surface area contributed by atoms with Crippen molar-refractivity contribution in [2.75, 3.05) is 5.32 Å². The number of benzene rings is 1. The first-order chi connectivity index (χ1) is 8.13. The van der Waals surface area contributed by atoms with Crippen LogP contribution in [0.15, 0.2) is 24.3 Å². The fraction of sp³-hybridized carbons (Fsp3) is 0.500. The summed E-state index contributed by atoms with van der Waals surface area (Å²) in [7, 11) is 0. The molecule has 0 aliphatic heterocycles. The van der Waals surface area contributed by atoms with E-state index in [1.54, 1.807) is 0 Å². The van der Waals surface area contributed by atoms with Gasteiger partial charge in [-0.3, -0.25) is 4.79 Å². The molecule has 3 nitrogen and oxygen atoms in total. The number of carbonyl (C=O) groups excluding carboxylic acids is 1. The van der Waals surface area contributed by atoms with E-state index in [1.165, 1.54) is 12.8 Å². The third-order valence-electron chi connectivity index (χ3n) is 2.77. The highest BCUT2D eigenvalue weighted by atomic mass is 16.1. The van der Waals surface area contributed by atoms with Crippen LogP contribution in [-0.2, 0) is 11.2 Å². The SMILES string of the molecule is CCCCC(C)Nc1ccccc1CC(N)=O. The first kappa shape index (κ1) is 13.6. The fourth-order valence-corrected chi connectivity index (χ4v) is 1.85. The highest BCUT2D eigenvalue weighted by molar-refractivity contribution is 5.78. The van der Waals surface area contributed by atoms with E-state index in [9.17, 15) is 4.79 Å². The molecule has 0 fully saturated rings. The number of unbranched alkanes of at least 4 members (excludes halogenated alkanes) is 1. The van der Waals surface area contributed by atoms with Gasteiger partial charge in [0.2, 0.25) is 5.91 Å². The van der Waals surface area contributed by atoms with E-state index in [2.05, 4.69) is 19.2 Å². The zero-order valence-electron chi connectivity index (χ0n) is 10.7. The second-order valence-corrected chi connectivity index (χ2v) is 4.49. The maximum atomic E-state index is 11.0. The lowest BCUT2D eigenvalue weighted by atomic mass is 10.1. The van der Waals surface area contributed by atoms with Crippen molar-refractivity contribution in [1.82, 2.24) is 0 Å². The molecule has 0 radical (unpaired) electrons. The van der Waals surface area contributed by atoms with Gasteiger partial charge in [-0.1, -0.05) is 38.0 Å². The summed E-state index contributed by atoms with van der Waals surface area (Å²) in [5, 5.41) is 3.44. The first-order valence-corrected chi connectivity index (χ1v) is 6.26. The maximum absolute atomic E-state index is 11.0. The number of anilines is 1. The van der Waals surface area contributed by atoms with Gasteiger partial charge in [-0.25, -0.2) is 0 Å². The second-order valence-electron chi connectivity index (χ2n) is 4.49. The summed E-state index contributed by atoms with van der Waals surface area (Å²) in [5.41, 5.74) is 7.24. The smallest absolute Gasteiger partial charge is 0.221 e.